The quantitative estimate of drug-likeness (QED) is 0.870. The predicted molar refractivity (Wildman–Crippen MR) is 94.5 cm³/mol. The van der Waals surface area contributed by atoms with Crippen LogP contribution >= 0.6 is 0 Å². The summed E-state index contributed by atoms with van der Waals surface area (Å²) in [5.74, 6) is 1.56. The van der Waals surface area contributed by atoms with Crippen molar-refractivity contribution in [3.8, 4) is 11.5 Å². The Morgan fingerprint density at radius 1 is 1.36 bits per heavy atom. The van der Waals surface area contributed by atoms with Gasteiger partial charge in [-0.05, 0) is 30.5 Å². The fraction of sp³-hybridized carbons (Fsp3) is 0.368. The van der Waals surface area contributed by atoms with Gasteiger partial charge >= 0.3 is 0 Å². The minimum absolute atomic E-state index is 0.192. The third kappa shape index (κ3) is 4.02. The molecule has 2 heterocycles. The minimum Gasteiger partial charge on any atom is -0.497 e. The van der Waals surface area contributed by atoms with Gasteiger partial charge in [0.05, 0.1) is 13.7 Å². The zero-order valence-corrected chi connectivity index (χ0v) is 14.4. The number of rotatable bonds is 5. The fourth-order valence-electron chi connectivity index (χ4n) is 2.94. The summed E-state index contributed by atoms with van der Waals surface area (Å²) in [4.78, 5) is 26.6. The molecule has 0 spiro atoms. The number of fused-ring (bicyclic) bond motifs is 1. The third-order valence-corrected chi connectivity index (χ3v) is 4.35. The summed E-state index contributed by atoms with van der Waals surface area (Å²) in [6.07, 6.45) is 1.50. The smallest absolute Gasteiger partial charge is 0.251 e. The molecule has 1 aliphatic rings. The molecule has 25 heavy (non-hydrogen) atoms. The summed E-state index contributed by atoms with van der Waals surface area (Å²) in [5, 5.41) is 2.90. The van der Waals surface area contributed by atoms with Crippen LogP contribution < -0.4 is 20.3 Å². The lowest BCUT2D eigenvalue weighted by Gasteiger charge is -2.25. The van der Waals surface area contributed by atoms with E-state index in [0.717, 1.165) is 29.2 Å². The van der Waals surface area contributed by atoms with Crippen LogP contribution in [0, 0.1) is 5.92 Å². The van der Waals surface area contributed by atoms with Gasteiger partial charge in [-0.3, -0.25) is 9.59 Å². The number of amides is 1. The van der Waals surface area contributed by atoms with Crippen LogP contribution in [0.2, 0.25) is 0 Å². The van der Waals surface area contributed by atoms with Crippen LogP contribution in [0.5, 0.6) is 11.5 Å². The van der Waals surface area contributed by atoms with Crippen molar-refractivity contribution < 1.29 is 14.3 Å². The number of aryl methyl sites for hydroxylation is 1. The lowest BCUT2D eigenvalue weighted by atomic mass is 9.96. The number of carbonyl (C=O) groups excluding carboxylic acids is 1. The van der Waals surface area contributed by atoms with E-state index in [2.05, 4.69) is 10.3 Å². The summed E-state index contributed by atoms with van der Waals surface area (Å²) in [5.41, 5.74) is 1.99. The van der Waals surface area contributed by atoms with E-state index < -0.39 is 0 Å². The molecule has 0 unspecified atom stereocenters. The average Bonchev–Trinajstić information content (AvgIpc) is 2.64. The second kappa shape index (κ2) is 7.42. The zero-order chi connectivity index (χ0) is 17.8. The van der Waals surface area contributed by atoms with Crippen molar-refractivity contribution >= 4 is 5.91 Å². The lowest BCUT2D eigenvalue weighted by Crippen LogP contribution is -2.35. The molecule has 0 radical (unpaired) electrons. The molecular weight excluding hydrogens is 320 g/mol. The molecule has 0 fully saturated rings. The van der Waals surface area contributed by atoms with Gasteiger partial charge in [0.15, 0.2) is 0 Å². The molecule has 1 atom stereocenters. The molecule has 2 N–H and O–H groups in total. The molecule has 2 aromatic rings. The number of nitrogens with one attached hydrogen (secondary N) is 2. The Morgan fingerprint density at radius 3 is 2.96 bits per heavy atom. The zero-order valence-electron chi connectivity index (χ0n) is 14.4. The van der Waals surface area contributed by atoms with Crippen LogP contribution in [0.1, 0.15) is 28.5 Å². The molecule has 1 aliphatic heterocycles. The van der Waals surface area contributed by atoms with Gasteiger partial charge in [-0.15, -0.1) is 0 Å². The van der Waals surface area contributed by atoms with Gasteiger partial charge in [-0.2, -0.15) is 0 Å². The Kier molecular flexibility index (Phi) is 5.07. The third-order valence-electron chi connectivity index (χ3n) is 4.35. The van der Waals surface area contributed by atoms with E-state index in [1.807, 2.05) is 25.1 Å². The number of H-pyrrole nitrogens is 1. The molecule has 6 nitrogen and oxygen atoms in total. The maximum absolute atomic E-state index is 12.3. The SMILES string of the molecule is CCc1cc(C(=O)NC[C@@H]2COc3cc(OC)ccc3C2)cc(=O)[nH]1. The fourth-order valence-corrected chi connectivity index (χ4v) is 2.94. The number of carbonyl (C=O) groups is 1. The van der Waals surface area contributed by atoms with Crippen molar-refractivity contribution in [2.75, 3.05) is 20.3 Å². The van der Waals surface area contributed by atoms with Gasteiger partial charge < -0.3 is 19.8 Å². The van der Waals surface area contributed by atoms with E-state index in [1.54, 1.807) is 13.2 Å². The molecule has 0 bridgehead atoms. The Balaban J connectivity index is 1.61. The normalized spacial score (nSPS) is 15.8. The number of methoxy groups -OCH3 is 1. The Hall–Kier alpha value is -2.76. The van der Waals surface area contributed by atoms with Crippen molar-refractivity contribution in [2.24, 2.45) is 5.92 Å². The minimum atomic E-state index is -0.256. The van der Waals surface area contributed by atoms with Crippen molar-refractivity contribution in [1.29, 1.82) is 0 Å². The second-order valence-electron chi connectivity index (χ2n) is 6.18. The number of ether oxygens (including phenoxy) is 2. The molecule has 0 aliphatic carbocycles. The van der Waals surface area contributed by atoms with Crippen LogP contribution in [-0.2, 0) is 12.8 Å². The highest BCUT2D eigenvalue weighted by Crippen LogP contribution is 2.30. The predicted octanol–water partition coefficient (Wildman–Crippen LogP) is 1.93. The number of pyridine rings is 1. The first-order chi connectivity index (χ1) is 12.1. The van der Waals surface area contributed by atoms with E-state index in [1.165, 1.54) is 6.07 Å². The maximum atomic E-state index is 12.3. The van der Waals surface area contributed by atoms with Crippen LogP contribution in [0.15, 0.2) is 35.1 Å². The largest absolute Gasteiger partial charge is 0.497 e. The van der Waals surface area contributed by atoms with E-state index in [4.69, 9.17) is 9.47 Å². The van der Waals surface area contributed by atoms with Crippen molar-refractivity contribution in [2.45, 2.75) is 19.8 Å². The summed E-state index contributed by atoms with van der Waals surface area (Å²) in [6.45, 7) is 2.97. The average molecular weight is 342 g/mol. The molecule has 6 heteroatoms. The molecule has 3 rings (SSSR count). The lowest BCUT2D eigenvalue weighted by molar-refractivity contribution is 0.0938. The van der Waals surface area contributed by atoms with Gasteiger partial charge in [0, 0.05) is 35.9 Å². The van der Waals surface area contributed by atoms with Gasteiger partial charge in [0.1, 0.15) is 11.5 Å². The van der Waals surface area contributed by atoms with Gasteiger partial charge in [0.2, 0.25) is 5.56 Å². The van der Waals surface area contributed by atoms with Crippen LogP contribution in [0.4, 0.5) is 0 Å². The number of aromatic nitrogens is 1. The van der Waals surface area contributed by atoms with Gasteiger partial charge in [-0.1, -0.05) is 13.0 Å². The van der Waals surface area contributed by atoms with Crippen LogP contribution in [0.25, 0.3) is 0 Å². The summed E-state index contributed by atoms with van der Waals surface area (Å²) < 4.78 is 11.0. The van der Waals surface area contributed by atoms with Gasteiger partial charge in [-0.25, -0.2) is 0 Å². The summed E-state index contributed by atoms with van der Waals surface area (Å²) in [7, 11) is 1.63. The van der Waals surface area contributed by atoms with E-state index in [9.17, 15) is 9.59 Å². The molecular formula is C19H22N2O4. The first-order valence-corrected chi connectivity index (χ1v) is 8.40. The highest BCUT2D eigenvalue weighted by atomic mass is 16.5. The summed E-state index contributed by atoms with van der Waals surface area (Å²) in [6, 6.07) is 8.83. The number of benzene rings is 1. The van der Waals surface area contributed by atoms with E-state index >= 15 is 0 Å². The number of aromatic amines is 1. The highest BCUT2D eigenvalue weighted by Gasteiger charge is 2.21. The Labute approximate surface area is 146 Å². The molecule has 1 aromatic carbocycles. The standard InChI is InChI=1S/C19H22N2O4/c1-3-15-7-14(8-18(22)21-15)19(23)20-10-12-6-13-4-5-16(24-2)9-17(13)25-11-12/h4-5,7-9,12H,3,6,10-11H2,1-2H3,(H,20,23)(H,21,22)/t12-/m1/s1. The van der Waals surface area contributed by atoms with Gasteiger partial charge in [0.25, 0.3) is 5.91 Å². The van der Waals surface area contributed by atoms with Crippen LogP contribution in [0.3, 0.4) is 0 Å². The van der Waals surface area contributed by atoms with Crippen LogP contribution in [-0.4, -0.2) is 31.2 Å². The topological polar surface area (TPSA) is 80.4 Å². The van der Waals surface area contributed by atoms with Crippen molar-refractivity contribution in [3.05, 3.63) is 57.5 Å². The molecule has 132 valence electrons. The van der Waals surface area contributed by atoms with E-state index in [0.29, 0.717) is 25.1 Å². The first-order valence-electron chi connectivity index (χ1n) is 8.40. The van der Waals surface area contributed by atoms with E-state index in [-0.39, 0.29) is 17.4 Å². The Morgan fingerprint density at radius 2 is 2.20 bits per heavy atom. The second-order valence-corrected chi connectivity index (χ2v) is 6.18. The molecule has 0 saturated carbocycles. The first kappa shape index (κ1) is 17.1. The highest BCUT2D eigenvalue weighted by molar-refractivity contribution is 5.94. The Bertz CT molecular complexity index is 828. The molecule has 0 saturated heterocycles. The maximum Gasteiger partial charge on any atom is 0.251 e. The summed E-state index contributed by atoms with van der Waals surface area (Å²) >= 11 is 0. The molecule has 1 amide bonds. The monoisotopic (exact) mass is 342 g/mol. The van der Waals surface area contributed by atoms with Crippen molar-refractivity contribution in [3.63, 3.8) is 0 Å². The van der Waals surface area contributed by atoms with Crippen molar-refractivity contribution in [1.82, 2.24) is 10.3 Å². The molecule has 1 aromatic heterocycles. The number of hydrogen-bond donors (Lipinski definition) is 2. The number of hydrogen-bond acceptors (Lipinski definition) is 4.